The minimum Gasteiger partial charge on any atom is -0.507 e. The fourth-order valence-electron chi connectivity index (χ4n) is 1.86. The molecule has 0 saturated heterocycles. The number of carboxylic acid groups (broad SMARTS) is 1. The Morgan fingerprint density at radius 2 is 1.74 bits per heavy atom. The van der Waals surface area contributed by atoms with Crippen molar-refractivity contribution in [3.8, 4) is 5.75 Å². The van der Waals surface area contributed by atoms with E-state index in [9.17, 15) is 14.7 Å². The molecule has 2 N–H and O–H groups in total. The van der Waals surface area contributed by atoms with Gasteiger partial charge in [0.25, 0.3) is 0 Å². The molecule has 0 radical (unpaired) electrons. The van der Waals surface area contributed by atoms with Gasteiger partial charge in [-0.2, -0.15) is 0 Å². The number of carbonyl (C=O) groups excluding carboxylic acids is 1. The molecule has 0 spiro atoms. The van der Waals surface area contributed by atoms with Crippen molar-refractivity contribution in [1.82, 2.24) is 0 Å². The van der Waals surface area contributed by atoms with E-state index >= 15 is 0 Å². The van der Waals surface area contributed by atoms with Crippen LogP contribution in [0, 0.1) is 12.8 Å². The molecule has 0 amide bonds. The largest absolute Gasteiger partial charge is 0.507 e. The molecule has 4 heteroatoms. The number of ketones is 1. The lowest BCUT2D eigenvalue weighted by Crippen LogP contribution is -2.21. The third-order valence-electron chi connectivity index (χ3n) is 3.16. The van der Waals surface area contributed by atoms with Crippen molar-refractivity contribution >= 4 is 11.8 Å². The summed E-state index contributed by atoms with van der Waals surface area (Å²) in [5.41, 5.74) is 1.23. The van der Waals surface area contributed by atoms with Gasteiger partial charge in [-0.15, -0.1) is 0 Å². The van der Waals surface area contributed by atoms with Gasteiger partial charge in [-0.1, -0.05) is 20.8 Å². The summed E-state index contributed by atoms with van der Waals surface area (Å²) >= 11 is 0. The highest BCUT2D eigenvalue weighted by Crippen LogP contribution is 2.34. The molecule has 0 fully saturated rings. The SMILES string of the molecule is Cc1cc(C(=O)C(C)C(=O)O)cc(C(C)(C)C)c1O. The Kier molecular flexibility index (Phi) is 4.03. The predicted molar refractivity (Wildman–Crippen MR) is 72.7 cm³/mol. The number of phenolic OH excluding ortho intramolecular Hbond substituents is 1. The topological polar surface area (TPSA) is 74.6 Å². The summed E-state index contributed by atoms with van der Waals surface area (Å²) in [4.78, 5) is 22.9. The Morgan fingerprint density at radius 1 is 1.21 bits per heavy atom. The predicted octanol–water partition coefficient (Wildman–Crippen LogP) is 2.90. The zero-order valence-corrected chi connectivity index (χ0v) is 11.9. The highest BCUT2D eigenvalue weighted by molar-refractivity contribution is 6.08. The van der Waals surface area contributed by atoms with Crippen LogP contribution in [0.4, 0.5) is 0 Å². The first-order valence-electron chi connectivity index (χ1n) is 6.16. The van der Waals surface area contributed by atoms with E-state index in [2.05, 4.69) is 0 Å². The van der Waals surface area contributed by atoms with E-state index in [0.29, 0.717) is 16.7 Å². The average Bonchev–Trinajstić information content (AvgIpc) is 2.28. The number of hydrogen-bond donors (Lipinski definition) is 2. The third-order valence-corrected chi connectivity index (χ3v) is 3.16. The minimum absolute atomic E-state index is 0.159. The number of rotatable bonds is 3. The summed E-state index contributed by atoms with van der Waals surface area (Å²) in [6.07, 6.45) is 0. The number of benzene rings is 1. The smallest absolute Gasteiger partial charge is 0.314 e. The fourth-order valence-corrected chi connectivity index (χ4v) is 1.86. The third kappa shape index (κ3) is 3.13. The zero-order valence-electron chi connectivity index (χ0n) is 11.9. The van der Waals surface area contributed by atoms with E-state index in [-0.39, 0.29) is 11.2 Å². The quantitative estimate of drug-likeness (QED) is 0.650. The number of phenols is 1. The zero-order chi connectivity index (χ0) is 15.0. The van der Waals surface area contributed by atoms with Crippen molar-refractivity contribution in [1.29, 1.82) is 0 Å². The van der Waals surface area contributed by atoms with Gasteiger partial charge < -0.3 is 10.2 Å². The molecule has 1 atom stereocenters. The Bertz CT molecular complexity index is 524. The number of aliphatic carboxylic acids is 1. The van der Waals surface area contributed by atoms with E-state index in [1.165, 1.54) is 13.0 Å². The monoisotopic (exact) mass is 264 g/mol. The summed E-state index contributed by atoms with van der Waals surface area (Å²) in [6, 6.07) is 3.12. The van der Waals surface area contributed by atoms with Crippen LogP contribution in [0.1, 0.15) is 49.2 Å². The van der Waals surface area contributed by atoms with Crippen LogP contribution < -0.4 is 0 Å². The summed E-state index contributed by atoms with van der Waals surface area (Å²) in [6.45, 7) is 8.85. The first-order chi connectivity index (χ1) is 8.55. The van der Waals surface area contributed by atoms with Crippen LogP contribution in [0.25, 0.3) is 0 Å². The molecule has 0 heterocycles. The average molecular weight is 264 g/mol. The van der Waals surface area contributed by atoms with Crippen LogP contribution in [-0.2, 0) is 10.2 Å². The molecule has 1 aromatic rings. The van der Waals surface area contributed by atoms with E-state index in [1.807, 2.05) is 20.8 Å². The Morgan fingerprint density at radius 3 is 2.16 bits per heavy atom. The molecule has 19 heavy (non-hydrogen) atoms. The second-order valence-electron chi connectivity index (χ2n) is 5.86. The van der Waals surface area contributed by atoms with Crippen LogP contribution in [-0.4, -0.2) is 22.0 Å². The molecule has 0 saturated carbocycles. The number of aromatic hydroxyl groups is 1. The maximum Gasteiger partial charge on any atom is 0.314 e. The van der Waals surface area contributed by atoms with Crippen molar-refractivity contribution in [2.45, 2.75) is 40.0 Å². The first kappa shape index (κ1) is 15.2. The van der Waals surface area contributed by atoms with E-state index in [4.69, 9.17) is 5.11 Å². The minimum atomic E-state index is -1.15. The Balaban J connectivity index is 3.36. The lowest BCUT2D eigenvalue weighted by molar-refractivity contribution is -0.139. The van der Waals surface area contributed by atoms with E-state index < -0.39 is 17.7 Å². The Labute approximate surface area is 113 Å². The maximum atomic E-state index is 12.1. The molecular weight excluding hydrogens is 244 g/mol. The van der Waals surface area contributed by atoms with Crippen LogP contribution in [0.5, 0.6) is 5.75 Å². The highest BCUT2D eigenvalue weighted by Gasteiger charge is 2.26. The van der Waals surface area contributed by atoms with Gasteiger partial charge in [0.05, 0.1) is 0 Å². The fraction of sp³-hybridized carbons (Fsp3) is 0.467. The van der Waals surface area contributed by atoms with Gasteiger partial charge in [0.1, 0.15) is 11.7 Å². The highest BCUT2D eigenvalue weighted by atomic mass is 16.4. The molecule has 0 aliphatic carbocycles. The molecule has 0 aliphatic heterocycles. The number of hydrogen-bond acceptors (Lipinski definition) is 3. The molecular formula is C15H20O4. The van der Waals surface area contributed by atoms with Crippen LogP contribution in [0.3, 0.4) is 0 Å². The van der Waals surface area contributed by atoms with Crippen molar-refractivity contribution in [2.75, 3.05) is 0 Å². The first-order valence-corrected chi connectivity index (χ1v) is 6.16. The van der Waals surface area contributed by atoms with Crippen molar-refractivity contribution < 1.29 is 19.8 Å². The normalized spacial score (nSPS) is 13.1. The second kappa shape index (κ2) is 5.03. The lowest BCUT2D eigenvalue weighted by atomic mass is 9.83. The van der Waals surface area contributed by atoms with Crippen molar-refractivity contribution in [2.24, 2.45) is 5.92 Å². The van der Waals surface area contributed by atoms with E-state index in [1.54, 1.807) is 13.0 Å². The summed E-state index contributed by atoms with van der Waals surface area (Å²) in [7, 11) is 0. The standard InChI is InChI=1S/C15H20O4/c1-8-6-10(13(17)9(2)14(18)19)7-11(12(8)16)15(3,4)5/h6-7,9,16H,1-5H3,(H,18,19). The van der Waals surface area contributed by atoms with Gasteiger partial charge >= 0.3 is 5.97 Å². The van der Waals surface area contributed by atoms with Crippen LogP contribution in [0.2, 0.25) is 0 Å². The van der Waals surface area contributed by atoms with Gasteiger partial charge in [-0.3, -0.25) is 9.59 Å². The van der Waals surface area contributed by atoms with Crippen molar-refractivity contribution in [3.05, 3.63) is 28.8 Å². The number of aryl methyl sites for hydroxylation is 1. The molecule has 0 bridgehead atoms. The van der Waals surface area contributed by atoms with Gasteiger partial charge in [0, 0.05) is 11.1 Å². The molecule has 1 rings (SSSR count). The number of Topliss-reactive ketones (excluding diaryl/α,β-unsaturated/α-hetero) is 1. The van der Waals surface area contributed by atoms with Gasteiger partial charge in [-0.05, 0) is 37.0 Å². The number of carboxylic acids is 1. The lowest BCUT2D eigenvalue weighted by Gasteiger charge is -2.22. The molecule has 0 aromatic heterocycles. The van der Waals surface area contributed by atoms with Crippen LogP contribution in [0.15, 0.2) is 12.1 Å². The van der Waals surface area contributed by atoms with E-state index in [0.717, 1.165) is 0 Å². The molecule has 4 nitrogen and oxygen atoms in total. The summed E-state index contributed by atoms with van der Waals surface area (Å²) < 4.78 is 0. The summed E-state index contributed by atoms with van der Waals surface area (Å²) in [5, 5.41) is 19.0. The molecule has 0 aliphatic rings. The van der Waals surface area contributed by atoms with Gasteiger partial charge in [-0.25, -0.2) is 0 Å². The van der Waals surface area contributed by atoms with Gasteiger partial charge in [0.15, 0.2) is 5.78 Å². The summed E-state index contributed by atoms with van der Waals surface area (Å²) in [5.74, 6) is -2.52. The number of carbonyl (C=O) groups is 2. The Hall–Kier alpha value is -1.84. The van der Waals surface area contributed by atoms with Gasteiger partial charge in [0.2, 0.25) is 0 Å². The second-order valence-corrected chi connectivity index (χ2v) is 5.86. The van der Waals surface area contributed by atoms with Crippen LogP contribution >= 0.6 is 0 Å². The maximum absolute atomic E-state index is 12.1. The molecule has 1 aromatic carbocycles. The molecule has 1 unspecified atom stereocenters. The van der Waals surface area contributed by atoms with Crippen molar-refractivity contribution in [3.63, 3.8) is 0 Å². The molecule has 104 valence electrons.